The minimum atomic E-state index is -0.339. The SMILES string of the molecule is CC(O)C1CN(C)c2cnc(Cl)nc2N(C2CCCC2)C1. The highest BCUT2D eigenvalue weighted by Gasteiger charge is 2.33. The zero-order chi connectivity index (χ0) is 15.0. The number of nitrogens with zero attached hydrogens (tertiary/aromatic N) is 4. The van der Waals surface area contributed by atoms with Gasteiger partial charge in [-0.15, -0.1) is 0 Å². The van der Waals surface area contributed by atoms with E-state index >= 15 is 0 Å². The summed E-state index contributed by atoms with van der Waals surface area (Å²) in [5, 5.41) is 10.4. The van der Waals surface area contributed by atoms with Crippen molar-refractivity contribution in [1.29, 1.82) is 0 Å². The predicted octanol–water partition coefficient (Wildman–Crippen LogP) is 2.33. The fraction of sp³-hybridized carbons (Fsp3) is 0.733. The summed E-state index contributed by atoms with van der Waals surface area (Å²) in [5.74, 6) is 1.12. The zero-order valence-electron chi connectivity index (χ0n) is 12.7. The van der Waals surface area contributed by atoms with E-state index in [9.17, 15) is 5.11 Å². The van der Waals surface area contributed by atoms with Crippen molar-refractivity contribution in [2.75, 3.05) is 29.9 Å². The van der Waals surface area contributed by atoms with Gasteiger partial charge in [0, 0.05) is 32.1 Å². The maximum absolute atomic E-state index is 10.1. The molecule has 21 heavy (non-hydrogen) atoms. The lowest BCUT2D eigenvalue weighted by Gasteiger charge is -2.32. The van der Waals surface area contributed by atoms with Crippen LogP contribution in [0, 0.1) is 5.92 Å². The molecule has 0 aromatic carbocycles. The molecule has 1 fully saturated rings. The van der Waals surface area contributed by atoms with E-state index < -0.39 is 0 Å². The van der Waals surface area contributed by atoms with Gasteiger partial charge < -0.3 is 14.9 Å². The van der Waals surface area contributed by atoms with Crippen LogP contribution in [0.1, 0.15) is 32.6 Å². The molecule has 0 radical (unpaired) electrons. The third-order valence-corrected chi connectivity index (χ3v) is 4.97. The zero-order valence-corrected chi connectivity index (χ0v) is 13.4. The minimum Gasteiger partial charge on any atom is -0.393 e. The highest BCUT2D eigenvalue weighted by atomic mass is 35.5. The van der Waals surface area contributed by atoms with Crippen LogP contribution in [0.25, 0.3) is 0 Å². The lowest BCUT2D eigenvalue weighted by molar-refractivity contribution is 0.131. The van der Waals surface area contributed by atoms with Gasteiger partial charge in [-0.1, -0.05) is 12.8 Å². The number of aliphatic hydroxyl groups is 1. The van der Waals surface area contributed by atoms with Crippen LogP contribution in [0.5, 0.6) is 0 Å². The van der Waals surface area contributed by atoms with Crippen molar-refractivity contribution in [2.24, 2.45) is 5.92 Å². The summed E-state index contributed by atoms with van der Waals surface area (Å²) >= 11 is 6.03. The molecule has 6 heteroatoms. The average molecular weight is 311 g/mol. The highest BCUT2D eigenvalue weighted by Crippen LogP contribution is 2.36. The number of aliphatic hydroxyl groups excluding tert-OH is 1. The van der Waals surface area contributed by atoms with E-state index in [-0.39, 0.29) is 12.0 Å². The lowest BCUT2D eigenvalue weighted by Crippen LogP contribution is -2.41. The first kappa shape index (κ1) is 14.9. The molecule has 2 aliphatic rings. The van der Waals surface area contributed by atoms with Crippen LogP contribution < -0.4 is 9.80 Å². The van der Waals surface area contributed by atoms with Gasteiger partial charge in [-0.2, -0.15) is 4.98 Å². The van der Waals surface area contributed by atoms with Crippen molar-refractivity contribution >= 4 is 23.1 Å². The standard InChI is InChI=1S/C15H23ClN4O/c1-10(21)11-8-19(2)13-7-17-15(16)18-14(13)20(9-11)12-5-3-4-6-12/h7,10-12,21H,3-6,8-9H2,1-2H3. The Balaban J connectivity index is 2.01. The predicted molar refractivity (Wildman–Crippen MR) is 85.1 cm³/mol. The summed E-state index contributed by atoms with van der Waals surface area (Å²) in [4.78, 5) is 13.1. The Kier molecular flexibility index (Phi) is 4.22. The Morgan fingerprint density at radius 1 is 1.33 bits per heavy atom. The second kappa shape index (κ2) is 5.97. The molecule has 0 saturated heterocycles. The molecule has 2 atom stereocenters. The Labute approximate surface area is 130 Å². The van der Waals surface area contributed by atoms with Gasteiger partial charge in [0.25, 0.3) is 0 Å². The monoisotopic (exact) mass is 310 g/mol. The molecule has 1 N–H and O–H groups in total. The number of hydrogen-bond acceptors (Lipinski definition) is 5. The van der Waals surface area contributed by atoms with Gasteiger partial charge in [0.05, 0.1) is 18.0 Å². The van der Waals surface area contributed by atoms with E-state index in [1.54, 1.807) is 6.20 Å². The van der Waals surface area contributed by atoms with Crippen molar-refractivity contribution in [2.45, 2.75) is 44.8 Å². The summed E-state index contributed by atoms with van der Waals surface area (Å²) in [5.41, 5.74) is 1.01. The summed E-state index contributed by atoms with van der Waals surface area (Å²) in [6.45, 7) is 3.51. The second-order valence-corrected chi connectivity index (χ2v) is 6.66. The third kappa shape index (κ3) is 2.94. The lowest BCUT2D eigenvalue weighted by atomic mass is 10.0. The number of hydrogen-bond donors (Lipinski definition) is 1. The third-order valence-electron chi connectivity index (χ3n) is 4.79. The van der Waals surface area contributed by atoms with Gasteiger partial charge in [0.1, 0.15) is 0 Å². The van der Waals surface area contributed by atoms with Crippen molar-refractivity contribution in [3.05, 3.63) is 11.5 Å². The van der Waals surface area contributed by atoms with Crippen LogP contribution >= 0.6 is 11.6 Å². The van der Waals surface area contributed by atoms with Crippen LogP contribution in [0.15, 0.2) is 6.20 Å². The van der Waals surface area contributed by atoms with Crippen molar-refractivity contribution in [3.63, 3.8) is 0 Å². The topological polar surface area (TPSA) is 52.5 Å². The Morgan fingerprint density at radius 3 is 2.71 bits per heavy atom. The van der Waals surface area contributed by atoms with Crippen molar-refractivity contribution in [1.82, 2.24) is 9.97 Å². The maximum atomic E-state index is 10.1. The molecule has 3 rings (SSSR count). The van der Waals surface area contributed by atoms with E-state index in [0.29, 0.717) is 11.3 Å². The Hall–Kier alpha value is -1.07. The van der Waals surface area contributed by atoms with Crippen molar-refractivity contribution in [3.8, 4) is 0 Å². The van der Waals surface area contributed by atoms with E-state index in [4.69, 9.17) is 11.6 Å². The van der Waals surface area contributed by atoms with Gasteiger partial charge in [0.15, 0.2) is 5.82 Å². The van der Waals surface area contributed by atoms with E-state index in [2.05, 4.69) is 19.8 Å². The highest BCUT2D eigenvalue weighted by molar-refractivity contribution is 6.28. The van der Waals surface area contributed by atoms with Crippen LogP contribution in [-0.2, 0) is 0 Å². The van der Waals surface area contributed by atoms with Crippen LogP contribution in [0.3, 0.4) is 0 Å². The van der Waals surface area contributed by atoms with E-state index in [1.807, 2.05) is 14.0 Å². The molecule has 2 unspecified atom stereocenters. The first-order valence-electron chi connectivity index (χ1n) is 7.74. The molecule has 2 heterocycles. The van der Waals surface area contributed by atoms with E-state index in [1.165, 1.54) is 25.7 Å². The number of aromatic nitrogens is 2. The summed E-state index contributed by atoms with van der Waals surface area (Å²) in [6.07, 6.45) is 6.38. The number of rotatable bonds is 2. The normalized spacial score (nSPS) is 24.9. The molecule has 1 aromatic rings. The minimum absolute atomic E-state index is 0.198. The van der Waals surface area contributed by atoms with Crippen LogP contribution in [0.4, 0.5) is 11.5 Å². The molecular formula is C15H23ClN4O. The molecule has 1 aliphatic carbocycles. The molecule has 116 valence electrons. The van der Waals surface area contributed by atoms with Gasteiger partial charge >= 0.3 is 0 Å². The molecule has 1 aromatic heterocycles. The first-order chi connectivity index (χ1) is 10.1. The van der Waals surface area contributed by atoms with Gasteiger partial charge in [-0.25, -0.2) is 4.98 Å². The van der Waals surface area contributed by atoms with Crippen LogP contribution in [-0.4, -0.2) is 47.4 Å². The van der Waals surface area contributed by atoms with E-state index in [0.717, 1.165) is 24.6 Å². The fourth-order valence-electron chi connectivity index (χ4n) is 3.52. The second-order valence-electron chi connectivity index (χ2n) is 6.32. The molecule has 0 bridgehead atoms. The Morgan fingerprint density at radius 2 is 2.05 bits per heavy atom. The number of fused-ring (bicyclic) bond motifs is 1. The van der Waals surface area contributed by atoms with Gasteiger partial charge in [-0.05, 0) is 31.4 Å². The summed E-state index contributed by atoms with van der Waals surface area (Å²) in [7, 11) is 2.03. The first-order valence-corrected chi connectivity index (χ1v) is 8.12. The van der Waals surface area contributed by atoms with Gasteiger partial charge in [0.2, 0.25) is 5.28 Å². The molecule has 5 nitrogen and oxygen atoms in total. The Bertz CT molecular complexity index is 504. The quantitative estimate of drug-likeness (QED) is 0.850. The maximum Gasteiger partial charge on any atom is 0.224 e. The van der Waals surface area contributed by atoms with Crippen LogP contribution in [0.2, 0.25) is 5.28 Å². The van der Waals surface area contributed by atoms with Gasteiger partial charge in [-0.3, -0.25) is 0 Å². The fourth-order valence-corrected chi connectivity index (χ4v) is 3.65. The molecule has 0 spiro atoms. The molecule has 1 aliphatic heterocycles. The molecule has 1 saturated carbocycles. The average Bonchev–Trinajstić information content (AvgIpc) is 2.92. The largest absolute Gasteiger partial charge is 0.393 e. The smallest absolute Gasteiger partial charge is 0.224 e. The number of anilines is 2. The summed E-state index contributed by atoms with van der Waals surface area (Å²) < 4.78 is 0. The van der Waals surface area contributed by atoms with Crippen molar-refractivity contribution < 1.29 is 5.11 Å². The number of halogens is 1. The summed E-state index contributed by atoms with van der Waals surface area (Å²) in [6, 6.07) is 0.502. The molecule has 0 amide bonds. The molecular weight excluding hydrogens is 288 g/mol.